The molecule has 4 N–H and O–H groups in total. The van der Waals surface area contributed by atoms with Crippen LogP contribution in [0.2, 0.25) is 5.02 Å². The van der Waals surface area contributed by atoms with E-state index in [-0.39, 0.29) is 18.8 Å². The molecule has 0 radical (unpaired) electrons. The van der Waals surface area contributed by atoms with Crippen molar-refractivity contribution in [3.05, 3.63) is 100 Å². The standard InChI is InChI=1S/C29H33ClN2O4/c30-24-10-8-23(9-11-24)29(34)12-14-32(15-13-29)18-26-17-27(21-6-4-20(19-33)5-7-21)36-28(35-26)22-2-1-3-25(31)16-22/h1-11,16,26-28,33-34H,12-15,17-19,31H2/t26-,27+,28?/m0/s1. The summed E-state index contributed by atoms with van der Waals surface area (Å²) in [6.45, 7) is 2.32. The third-order valence-electron chi connectivity index (χ3n) is 7.32. The van der Waals surface area contributed by atoms with Gasteiger partial charge in [-0.2, -0.15) is 0 Å². The number of aliphatic hydroxyl groups excluding tert-OH is 1. The van der Waals surface area contributed by atoms with Gasteiger partial charge in [-0.3, -0.25) is 0 Å². The molecular weight excluding hydrogens is 476 g/mol. The van der Waals surface area contributed by atoms with E-state index in [1.165, 1.54) is 0 Å². The fourth-order valence-electron chi connectivity index (χ4n) is 5.18. The molecule has 190 valence electrons. The van der Waals surface area contributed by atoms with Crippen LogP contribution in [0.5, 0.6) is 0 Å². The van der Waals surface area contributed by atoms with Crippen molar-refractivity contribution in [3.8, 4) is 0 Å². The maximum atomic E-state index is 11.3. The molecule has 0 aromatic heterocycles. The molecule has 5 rings (SSSR count). The molecule has 0 aliphatic carbocycles. The number of benzene rings is 3. The molecule has 2 heterocycles. The molecule has 0 amide bonds. The van der Waals surface area contributed by atoms with E-state index >= 15 is 0 Å². The summed E-state index contributed by atoms with van der Waals surface area (Å²) < 4.78 is 12.8. The normalized spacial score (nSPS) is 24.5. The van der Waals surface area contributed by atoms with Crippen LogP contribution in [0.15, 0.2) is 72.8 Å². The van der Waals surface area contributed by atoms with Crippen molar-refractivity contribution in [2.75, 3.05) is 25.4 Å². The zero-order valence-electron chi connectivity index (χ0n) is 20.2. The second kappa shape index (κ2) is 10.9. The Hall–Kier alpha value is -2.45. The Morgan fingerprint density at radius 1 is 0.944 bits per heavy atom. The second-order valence-electron chi connectivity index (χ2n) is 9.86. The van der Waals surface area contributed by atoms with Crippen molar-refractivity contribution in [1.82, 2.24) is 4.90 Å². The number of hydrogen-bond donors (Lipinski definition) is 3. The molecule has 1 unspecified atom stereocenters. The maximum Gasteiger partial charge on any atom is 0.185 e. The summed E-state index contributed by atoms with van der Waals surface area (Å²) in [5.41, 5.74) is 9.62. The van der Waals surface area contributed by atoms with Crippen molar-refractivity contribution in [2.24, 2.45) is 0 Å². The van der Waals surface area contributed by atoms with Crippen molar-refractivity contribution in [3.63, 3.8) is 0 Å². The molecular formula is C29H33ClN2O4. The summed E-state index contributed by atoms with van der Waals surface area (Å²) in [7, 11) is 0. The van der Waals surface area contributed by atoms with Crippen molar-refractivity contribution >= 4 is 17.3 Å². The fraction of sp³-hybridized carbons (Fsp3) is 0.379. The summed E-state index contributed by atoms with van der Waals surface area (Å²) in [6.07, 6.45) is 1.32. The Bertz CT molecular complexity index is 1150. The van der Waals surface area contributed by atoms with Gasteiger partial charge in [0.05, 0.1) is 24.4 Å². The number of piperidine rings is 1. The lowest BCUT2D eigenvalue weighted by atomic mass is 9.84. The van der Waals surface area contributed by atoms with E-state index in [0.717, 1.165) is 48.3 Å². The van der Waals surface area contributed by atoms with E-state index in [1.807, 2.05) is 72.8 Å². The SMILES string of the molecule is Nc1cccc(C2O[C@H](CN3CCC(O)(c4ccc(Cl)cc4)CC3)C[C@H](c3ccc(CO)cc3)O2)c1. The van der Waals surface area contributed by atoms with Gasteiger partial charge in [-0.1, -0.05) is 60.1 Å². The number of nitrogen functional groups attached to an aromatic ring is 1. The summed E-state index contributed by atoms with van der Waals surface area (Å²) in [4.78, 5) is 2.36. The van der Waals surface area contributed by atoms with Gasteiger partial charge < -0.3 is 30.3 Å². The number of hydrogen-bond acceptors (Lipinski definition) is 6. The number of nitrogens with zero attached hydrogens (tertiary/aromatic N) is 1. The highest BCUT2D eigenvalue weighted by Crippen LogP contribution is 2.39. The van der Waals surface area contributed by atoms with Gasteiger partial charge in [-0.25, -0.2) is 0 Å². The quantitative estimate of drug-likeness (QED) is 0.409. The Labute approximate surface area is 217 Å². The Morgan fingerprint density at radius 3 is 2.33 bits per heavy atom. The van der Waals surface area contributed by atoms with Crippen molar-refractivity contribution in [1.29, 1.82) is 0 Å². The molecule has 0 spiro atoms. The molecule has 6 nitrogen and oxygen atoms in total. The fourth-order valence-corrected chi connectivity index (χ4v) is 5.31. The zero-order chi connectivity index (χ0) is 25.1. The first kappa shape index (κ1) is 25.2. The molecule has 7 heteroatoms. The van der Waals surface area contributed by atoms with Gasteiger partial charge >= 0.3 is 0 Å². The summed E-state index contributed by atoms with van der Waals surface area (Å²) in [5.74, 6) is 0. The minimum atomic E-state index is -0.835. The van der Waals surface area contributed by atoms with Gasteiger partial charge in [0.15, 0.2) is 6.29 Å². The second-order valence-corrected chi connectivity index (χ2v) is 10.3. The molecule has 3 atom stereocenters. The molecule has 2 aliphatic heterocycles. The highest BCUT2D eigenvalue weighted by Gasteiger charge is 2.37. The Balaban J connectivity index is 1.29. The zero-order valence-corrected chi connectivity index (χ0v) is 21.0. The van der Waals surface area contributed by atoms with Crippen LogP contribution < -0.4 is 5.73 Å². The first-order chi connectivity index (χ1) is 17.4. The third-order valence-corrected chi connectivity index (χ3v) is 7.58. The van der Waals surface area contributed by atoms with Gasteiger partial charge in [-0.15, -0.1) is 0 Å². The molecule has 3 aromatic rings. The lowest BCUT2D eigenvalue weighted by Crippen LogP contribution is -2.46. The van der Waals surface area contributed by atoms with E-state index in [4.69, 9.17) is 26.8 Å². The summed E-state index contributed by atoms with van der Waals surface area (Å²) >= 11 is 6.03. The average Bonchev–Trinajstić information content (AvgIpc) is 2.90. The third kappa shape index (κ3) is 5.75. The topological polar surface area (TPSA) is 88.2 Å². The van der Waals surface area contributed by atoms with Crippen LogP contribution >= 0.6 is 11.6 Å². The lowest BCUT2D eigenvalue weighted by molar-refractivity contribution is -0.253. The van der Waals surface area contributed by atoms with Crippen molar-refractivity contribution < 1.29 is 19.7 Å². The van der Waals surface area contributed by atoms with Crippen LogP contribution in [-0.2, 0) is 21.7 Å². The predicted molar refractivity (Wildman–Crippen MR) is 140 cm³/mol. The number of aliphatic hydroxyl groups is 2. The van der Waals surface area contributed by atoms with E-state index in [9.17, 15) is 10.2 Å². The van der Waals surface area contributed by atoms with E-state index in [1.54, 1.807) is 0 Å². The molecule has 2 saturated heterocycles. The number of halogens is 1. The number of rotatable bonds is 6. The highest BCUT2D eigenvalue weighted by molar-refractivity contribution is 6.30. The first-order valence-corrected chi connectivity index (χ1v) is 12.9. The molecule has 0 bridgehead atoms. The van der Waals surface area contributed by atoms with E-state index in [0.29, 0.717) is 23.6 Å². The first-order valence-electron chi connectivity index (χ1n) is 12.5. The van der Waals surface area contributed by atoms with Gasteiger partial charge in [0.1, 0.15) is 0 Å². The minimum Gasteiger partial charge on any atom is -0.399 e. The molecule has 0 saturated carbocycles. The average molecular weight is 509 g/mol. The van der Waals surface area contributed by atoms with Crippen LogP contribution in [0.1, 0.15) is 53.9 Å². The Morgan fingerprint density at radius 2 is 1.67 bits per heavy atom. The molecule has 2 fully saturated rings. The smallest absolute Gasteiger partial charge is 0.185 e. The number of nitrogens with two attached hydrogens (primary N) is 1. The summed E-state index contributed by atoms with van der Waals surface area (Å²) in [6, 6.07) is 23.0. The largest absolute Gasteiger partial charge is 0.399 e. The van der Waals surface area contributed by atoms with Gasteiger partial charge in [0, 0.05) is 42.3 Å². The molecule has 2 aliphatic rings. The van der Waals surface area contributed by atoms with Crippen LogP contribution in [0.4, 0.5) is 5.69 Å². The summed E-state index contributed by atoms with van der Waals surface area (Å²) in [5, 5.41) is 21.3. The number of ether oxygens (including phenoxy) is 2. The van der Waals surface area contributed by atoms with Gasteiger partial charge in [-0.05, 0) is 53.8 Å². The minimum absolute atomic E-state index is 0.0147. The number of likely N-dealkylation sites (tertiary alicyclic amines) is 1. The van der Waals surface area contributed by atoms with Crippen LogP contribution in [-0.4, -0.2) is 40.9 Å². The van der Waals surface area contributed by atoms with Crippen molar-refractivity contribution in [2.45, 2.75) is 50.0 Å². The number of anilines is 1. The Kier molecular flexibility index (Phi) is 7.62. The molecule has 36 heavy (non-hydrogen) atoms. The van der Waals surface area contributed by atoms with Gasteiger partial charge in [0.25, 0.3) is 0 Å². The van der Waals surface area contributed by atoms with E-state index in [2.05, 4.69) is 4.90 Å². The maximum absolute atomic E-state index is 11.3. The van der Waals surface area contributed by atoms with Crippen LogP contribution in [0.25, 0.3) is 0 Å². The van der Waals surface area contributed by atoms with E-state index < -0.39 is 11.9 Å². The van der Waals surface area contributed by atoms with Crippen LogP contribution in [0, 0.1) is 0 Å². The van der Waals surface area contributed by atoms with Crippen LogP contribution in [0.3, 0.4) is 0 Å². The molecule has 3 aromatic carbocycles. The highest BCUT2D eigenvalue weighted by atomic mass is 35.5. The van der Waals surface area contributed by atoms with Gasteiger partial charge in [0.2, 0.25) is 0 Å². The monoisotopic (exact) mass is 508 g/mol. The predicted octanol–water partition coefficient (Wildman–Crippen LogP) is 4.94. The lowest BCUT2D eigenvalue weighted by Gasteiger charge is -2.42.